The summed E-state index contributed by atoms with van der Waals surface area (Å²) in [5.74, 6) is -0.777. The molecule has 1 unspecified atom stereocenters. The number of carbonyl (C=O) groups is 1. The van der Waals surface area contributed by atoms with Crippen molar-refractivity contribution in [2.24, 2.45) is 0 Å². The standard InChI is InChI=1S/C15H21NO3/c1-3-15(14(17)18,16-8-10-19-11-9-16)13-6-4-12(2)5-7-13/h4-7H,3,8-11H2,1-2H3,(H,17,18). The first-order valence-corrected chi connectivity index (χ1v) is 6.74. The first-order valence-electron chi connectivity index (χ1n) is 6.74. The van der Waals surface area contributed by atoms with Crippen molar-refractivity contribution in [2.45, 2.75) is 25.8 Å². The predicted molar refractivity (Wildman–Crippen MR) is 73.2 cm³/mol. The summed E-state index contributed by atoms with van der Waals surface area (Å²) in [5.41, 5.74) is 1.06. The lowest BCUT2D eigenvalue weighted by molar-refractivity contribution is -0.156. The zero-order valence-electron chi connectivity index (χ0n) is 11.6. The van der Waals surface area contributed by atoms with Crippen LogP contribution in [-0.2, 0) is 15.1 Å². The van der Waals surface area contributed by atoms with Crippen molar-refractivity contribution in [3.05, 3.63) is 35.4 Å². The molecule has 0 spiro atoms. The lowest BCUT2D eigenvalue weighted by atomic mass is 9.84. The number of carboxylic acid groups (broad SMARTS) is 1. The number of aliphatic carboxylic acids is 1. The SMILES string of the molecule is CCC(C(=O)O)(c1ccc(C)cc1)N1CCOCC1. The quantitative estimate of drug-likeness (QED) is 0.903. The van der Waals surface area contributed by atoms with Gasteiger partial charge >= 0.3 is 5.97 Å². The summed E-state index contributed by atoms with van der Waals surface area (Å²) in [5, 5.41) is 9.82. The zero-order chi connectivity index (χ0) is 13.9. The minimum atomic E-state index is -0.933. The highest BCUT2D eigenvalue weighted by atomic mass is 16.5. The number of morpholine rings is 1. The maximum absolute atomic E-state index is 12.0. The molecule has 2 rings (SSSR count). The van der Waals surface area contributed by atoms with E-state index in [-0.39, 0.29) is 0 Å². The van der Waals surface area contributed by atoms with Crippen molar-refractivity contribution < 1.29 is 14.6 Å². The number of ether oxygens (including phenoxy) is 1. The molecule has 1 N–H and O–H groups in total. The van der Waals surface area contributed by atoms with E-state index in [0.717, 1.165) is 11.1 Å². The Hall–Kier alpha value is -1.39. The van der Waals surface area contributed by atoms with Gasteiger partial charge in [0.05, 0.1) is 13.2 Å². The van der Waals surface area contributed by atoms with E-state index in [9.17, 15) is 9.90 Å². The van der Waals surface area contributed by atoms with Crippen molar-refractivity contribution in [1.29, 1.82) is 0 Å². The molecule has 1 saturated heterocycles. The second-order valence-electron chi connectivity index (χ2n) is 4.98. The Morgan fingerprint density at radius 3 is 2.37 bits per heavy atom. The highest BCUT2D eigenvalue weighted by molar-refractivity contribution is 5.80. The summed E-state index contributed by atoms with van der Waals surface area (Å²) < 4.78 is 5.34. The number of aryl methyl sites for hydroxylation is 1. The third-order valence-electron chi connectivity index (χ3n) is 3.95. The molecule has 1 aromatic carbocycles. The van der Waals surface area contributed by atoms with E-state index in [4.69, 9.17) is 4.74 Å². The van der Waals surface area contributed by atoms with Gasteiger partial charge in [0.15, 0.2) is 0 Å². The highest BCUT2D eigenvalue weighted by Gasteiger charge is 2.44. The molecule has 1 heterocycles. The van der Waals surface area contributed by atoms with Crippen molar-refractivity contribution >= 4 is 5.97 Å². The Morgan fingerprint density at radius 1 is 1.32 bits per heavy atom. The molecule has 1 aromatic rings. The van der Waals surface area contributed by atoms with Crippen LogP contribution in [0.2, 0.25) is 0 Å². The number of hydrogen-bond donors (Lipinski definition) is 1. The molecule has 104 valence electrons. The maximum Gasteiger partial charge on any atom is 0.328 e. The summed E-state index contributed by atoms with van der Waals surface area (Å²) >= 11 is 0. The van der Waals surface area contributed by atoms with E-state index in [1.54, 1.807) is 0 Å². The Bertz CT molecular complexity index is 437. The first kappa shape index (κ1) is 14.0. The molecule has 0 saturated carbocycles. The van der Waals surface area contributed by atoms with Gasteiger partial charge in [-0.2, -0.15) is 0 Å². The van der Waals surface area contributed by atoms with E-state index in [1.165, 1.54) is 0 Å². The Balaban J connectivity index is 2.43. The fourth-order valence-corrected chi connectivity index (χ4v) is 2.79. The second-order valence-corrected chi connectivity index (χ2v) is 4.98. The van der Waals surface area contributed by atoms with E-state index in [1.807, 2.05) is 43.0 Å². The molecule has 4 heteroatoms. The van der Waals surface area contributed by atoms with Crippen LogP contribution in [0.1, 0.15) is 24.5 Å². The Morgan fingerprint density at radius 2 is 1.89 bits per heavy atom. The molecule has 1 aliphatic heterocycles. The van der Waals surface area contributed by atoms with Gasteiger partial charge in [0.2, 0.25) is 0 Å². The summed E-state index contributed by atoms with van der Waals surface area (Å²) in [6.07, 6.45) is 0.547. The van der Waals surface area contributed by atoms with Crippen LogP contribution in [0.3, 0.4) is 0 Å². The molecule has 0 radical (unpaired) electrons. The van der Waals surface area contributed by atoms with Gasteiger partial charge in [-0.15, -0.1) is 0 Å². The van der Waals surface area contributed by atoms with E-state index < -0.39 is 11.5 Å². The third kappa shape index (κ3) is 2.51. The third-order valence-corrected chi connectivity index (χ3v) is 3.95. The van der Waals surface area contributed by atoms with Crippen LogP contribution in [0.5, 0.6) is 0 Å². The molecule has 0 amide bonds. The number of nitrogens with zero attached hydrogens (tertiary/aromatic N) is 1. The van der Waals surface area contributed by atoms with Crippen LogP contribution in [-0.4, -0.2) is 42.3 Å². The summed E-state index contributed by atoms with van der Waals surface area (Å²) in [4.78, 5) is 14.0. The second kappa shape index (κ2) is 5.72. The van der Waals surface area contributed by atoms with Gasteiger partial charge in [-0.3, -0.25) is 4.90 Å². The van der Waals surface area contributed by atoms with Gasteiger partial charge in [0, 0.05) is 13.1 Å². The molecule has 1 atom stereocenters. The van der Waals surface area contributed by atoms with Crippen molar-refractivity contribution in [3.63, 3.8) is 0 Å². The largest absolute Gasteiger partial charge is 0.480 e. The lowest BCUT2D eigenvalue weighted by Gasteiger charge is -2.42. The van der Waals surface area contributed by atoms with Gasteiger partial charge in [-0.05, 0) is 18.9 Å². The number of hydrogen-bond acceptors (Lipinski definition) is 3. The van der Waals surface area contributed by atoms with Crippen molar-refractivity contribution in [1.82, 2.24) is 4.90 Å². The van der Waals surface area contributed by atoms with Crippen LogP contribution in [0.25, 0.3) is 0 Å². The molecule has 1 aliphatic rings. The smallest absolute Gasteiger partial charge is 0.328 e. The predicted octanol–water partition coefficient (Wildman–Crippen LogP) is 2.02. The van der Waals surface area contributed by atoms with Gasteiger partial charge in [0.1, 0.15) is 5.54 Å². The molecular weight excluding hydrogens is 242 g/mol. The van der Waals surface area contributed by atoms with Crippen molar-refractivity contribution in [2.75, 3.05) is 26.3 Å². The van der Waals surface area contributed by atoms with E-state index in [0.29, 0.717) is 32.7 Å². The highest BCUT2D eigenvalue weighted by Crippen LogP contribution is 2.33. The molecule has 4 nitrogen and oxygen atoms in total. The summed E-state index contributed by atoms with van der Waals surface area (Å²) in [6.45, 7) is 6.46. The molecule has 1 fully saturated rings. The molecular formula is C15H21NO3. The fourth-order valence-electron chi connectivity index (χ4n) is 2.79. The summed E-state index contributed by atoms with van der Waals surface area (Å²) in [6, 6.07) is 7.82. The Kier molecular flexibility index (Phi) is 4.22. The first-order chi connectivity index (χ1) is 9.11. The zero-order valence-corrected chi connectivity index (χ0v) is 11.6. The van der Waals surface area contributed by atoms with Gasteiger partial charge in [-0.25, -0.2) is 4.79 Å². The average Bonchev–Trinajstić information content (AvgIpc) is 2.43. The van der Waals surface area contributed by atoms with Gasteiger partial charge < -0.3 is 9.84 Å². The minimum Gasteiger partial charge on any atom is -0.480 e. The summed E-state index contributed by atoms with van der Waals surface area (Å²) in [7, 11) is 0. The normalized spacial score (nSPS) is 19.9. The molecule has 19 heavy (non-hydrogen) atoms. The number of benzene rings is 1. The number of carboxylic acids is 1. The van der Waals surface area contributed by atoms with E-state index >= 15 is 0 Å². The van der Waals surface area contributed by atoms with Gasteiger partial charge in [0.25, 0.3) is 0 Å². The molecule has 0 bridgehead atoms. The topological polar surface area (TPSA) is 49.8 Å². The van der Waals surface area contributed by atoms with Crippen LogP contribution in [0.4, 0.5) is 0 Å². The van der Waals surface area contributed by atoms with Crippen LogP contribution in [0, 0.1) is 6.92 Å². The average molecular weight is 263 g/mol. The molecule has 0 aliphatic carbocycles. The maximum atomic E-state index is 12.0. The monoisotopic (exact) mass is 263 g/mol. The minimum absolute atomic E-state index is 0.547. The van der Waals surface area contributed by atoms with E-state index in [2.05, 4.69) is 0 Å². The van der Waals surface area contributed by atoms with Crippen LogP contribution < -0.4 is 0 Å². The van der Waals surface area contributed by atoms with Crippen molar-refractivity contribution in [3.8, 4) is 0 Å². The fraction of sp³-hybridized carbons (Fsp3) is 0.533. The van der Waals surface area contributed by atoms with Crippen LogP contribution in [0.15, 0.2) is 24.3 Å². The molecule has 0 aromatic heterocycles. The van der Waals surface area contributed by atoms with Gasteiger partial charge in [-0.1, -0.05) is 36.8 Å². The number of rotatable bonds is 4. The lowest BCUT2D eigenvalue weighted by Crippen LogP contribution is -2.55. The Labute approximate surface area is 114 Å². The van der Waals surface area contributed by atoms with Crippen LogP contribution >= 0.6 is 0 Å².